The van der Waals surface area contributed by atoms with Crippen LogP contribution in [0.4, 0.5) is 16.2 Å². The van der Waals surface area contributed by atoms with Crippen LogP contribution in [0.1, 0.15) is 24.1 Å². The smallest absolute Gasteiger partial charge is 0.319 e. The topological polar surface area (TPSA) is 113 Å². The van der Waals surface area contributed by atoms with Crippen molar-refractivity contribution in [1.82, 2.24) is 10.6 Å². The molecule has 138 valence electrons. The first-order valence-corrected chi connectivity index (χ1v) is 8.26. The number of benzene rings is 2. The summed E-state index contributed by atoms with van der Waals surface area (Å²) in [5.74, 6) is -0.402. The summed E-state index contributed by atoms with van der Waals surface area (Å²) in [5, 5.41) is 18.9. The fourth-order valence-corrected chi connectivity index (χ4v) is 2.96. The number of hydrogen-bond acceptors (Lipinski definition) is 4. The highest BCUT2D eigenvalue weighted by molar-refractivity contribution is 6.06. The highest BCUT2D eigenvalue weighted by atomic mass is 16.6. The fraction of sp³-hybridized carbons (Fsp3) is 0.158. The Bertz CT molecular complexity index is 950. The van der Waals surface area contributed by atoms with Crippen LogP contribution in [0.3, 0.4) is 0 Å². The standard InChI is InChI=1S/C19H18N4O4/c1-11-4-3-5-13(10-11)17-16(12(2)20-19(25)22-17)18(24)21-14-6-8-15(9-7-14)23(26)27/h3-10,17H,1-2H3,(H,21,24)(H2,20,22,25)/t17-/m1/s1. The maximum atomic E-state index is 12.9. The molecule has 0 radical (unpaired) electrons. The van der Waals surface area contributed by atoms with Gasteiger partial charge in [-0.2, -0.15) is 0 Å². The molecule has 0 saturated heterocycles. The van der Waals surface area contributed by atoms with Crippen molar-refractivity contribution in [3.63, 3.8) is 0 Å². The van der Waals surface area contributed by atoms with Crippen molar-refractivity contribution in [3.8, 4) is 0 Å². The highest BCUT2D eigenvalue weighted by Gasteiger charge is 2.31. The Morgan fingerprint density at radius 2 is 1.85 bits per heavy atom. The predicted octanol–water partition coefficient (Wildman–Crippen LogP) is 3.17. The van der Waals surface area contributed by atoms with Gasteiger partial charge in [-0.1, -0.05) is 29.8 Å². The molecule has 0 aliphatic carbocycles. The number of hydrogen-bond donors (Lipinski definition) is 3. The number of nitro groups is 1. The molecule has 3 amide bonds. The molecule has 8 heteroatoms. The molecule has 2 aromatic rings. The monoisotopic (exact) mass is 366 g/mol. The lowest BCUT2D eigenvalue weighted by molar-refractivity contribution is -0.384. The van der Waals surface area contributed by atoms with E-state index in [-0.39, 0.29) is 11.7 Å². The van der Waals surface area contributed by atoms with Gasteiger partial charge in [-0.05, 0) is 31.5 Å². The number of nitro benzene ring substituents is 1. The third kappa shape index (κ3) is 3.95. The van der Waals surface area contributed by atoms with Gasteiger partial charge in [0.2, 0.25) is 0 Å². The van der Waals surface area contributed by atoms with Gasteiger partial charge in [0.15, 0.2) is 0 Å². The number of aryl methyl sites for hydroxylation is 1. The van der Waals surface area contributed by atoms with Crippen molar-refractivity contribution in [2.75, 3.05) is 5.32 Å². The van der Waals surface area contributed by atoms with E-state index >= 15 is 0 Å². The first kappa shape index (κ1) is 18.1. The number of carbonyl (C=O) groups is 2. The van der Waals surface area contributed by atoms with Crippen molar-refractivity contribution in [2.24, 2.45) is 0 Å². The third-order valence-electron chi connectivity index (χ3n) is 4.23. The first-order valence-electron chi connectivity index (χ1n) is 8.26. The molecular weight excluding hydrogens is 348 g/mol. The van der Waals surface area contributed by atoms with E-state index in [1.54, 1.807) is 6.92 Å². The Labute approximate surface area is 155 Å². The Morgan fingerprint density at radius 1 is 1.15 bits per heavy atom. The van der Waals surface area contributed by atoms with Gasteiger partial charge in [-0.25, -0.2) is 4.79 Å². The maximum absolute atomic E-state index is 12.9. The van der Waals surface area contributed by atoms with Crippen LogP contribution in [0, 0.1) is 17.0 Å². The second-order valence-electron chi connectivity index (χ2n) is 6.24. The van der Waals surface area contributed by atoms with E-state index in [1.807, 2.05) is 31.2 Å². The number of allylic oxidation sites excluding steroid dienone is 1. The number of rotatable bonds is 4. The molecule has 1 aliphatic rings. The van der Waals surface area contributed by atoms with E-state index in [0.717, 1.165) is 11.1 Å². The van der Waals surface area contributed by atoms with Crippen LogP contribution in [0.15, 0.2) is 59.8 Å². The fourth-order valence-electron chi connectivity index (χ4n) is 2.96. The largest absolute Gasteiger partial charge is 0.327 e. The molecule has 1 heterocycles. The van der Waals surface area contributed by atoms with Crippen LogP contribution >= 0.6 is 0 Å². The van der Waals surface area contributed by atoms with E-state index in [1.165, 1.54) is 24.3 Å². The Morgan fingerprint density at radius 3 is 2.48 bits per heavy atom. The van der Waals surface area contributed by atoms with E-state index < -0.39 is 16.9 Å². The summed E-state index contributed by atoms with van der Waals surface area (Å²) in [6, 6.07) is 12.1. The van der Waals surface area contributed by atoms with Crippen molar-refractivity contribution < 1.29 is 14.5 Å². The lowest BCUT2D eigenvalue weighted by Gasteiger charge is -2.28. The summed E-state index contributed by atoms with van der Waals surface area (Å²) in [7, 11) is 0. The van der Waals surface area contributed by atoms with Crippen LogP contribution in [0.2, 0.25) is 0 Å². The number of amides is 3. The van der Waals surface area contributed by atoms with E-state index in [4.69, 9.17) is 0 Å². The van der Waals surface area contributed by atoms with Crippen molar-refractivity contribution in [2.45, 2.75) is 19.9 Å². The quantitative estimate of drug-likeness (QED) is 0.570. The van der Waals surface area contributed by atoms with Crippen molar-refractivity contribution in [3.05, 3.63) is 81.0 Å². The van der Waals surface area contributed by atoms with E-state index in [0.29, 0.717) is 17.0 Å². The summed E-state index contributed by atoms with van der Waals surface area (Å²) in [5.41, 5.74) is 2.98. The summed E-state index contributed by atoms with van der Waals surface area (Å²) in [6.07, 6.45) is 0. The number of anilines is 1. The Balaban J connectivity index is 1.90. The van der Waals surface area contributed by atoms with Crippen molar-refractivity contribution in [1.29, 1.82) is 0 Å². The lowest BCUT2D eigenvalue weighted by Crippen LogP contribution is -2.46. The molecule has 2 aromatic carbocycles. The zero-order chi connectivity index (χ0) is 19.6. The molecule has 3 N–H and O–H groups in total. The highest BCUT2D eigenvalue weighted by Crippen LogP contribution is 2.28. The minimum atomic E-state index is -0.600. The molecule has 3 rings (SSSR count). The van der Waals surface area contributed by atoms with Gasteiger partial charge in [-0.15, -0.1) is 0 Å². The molecular formula is C19H18N4O4. The molecule has 0 fully saturated rings. The van der Waals surface area contributed by atoms with Gasteiger partial charge in [0.1, 0.15) is 0 Å². The van der Waals surface area contributed by atoms with Gasteiger partial charge in [0.25, 0.3) is 11.6 Å². The lowest BCUT2D eigenvalue weighted by atomic mass is 9.94. The van der Waals surface area contributed by atoms with Gasteiger partial charge in [0, 0.05) is 23.5 Å². The molecule has 8 nitrogen and oxygen atoms in total. The van der Waals surface area contributed by atoms with E-state index in [2.05, 4.69) is 16.0 Å². The number of urea groups is 1. The Hall–Kier alpha value is -3.68. The molecule has 0 unspecified atom stereocenters. The van der Waals surface area contributed by atoms with E-state index in [9.17, 15) is 19.7 Å². The second-order valence-corrected chi connectivity index (χ2v) is 6.24. The number of nitrogens with zero attached hydrogens (tertiary/aromatic N) is 1. The van der Waals surface area contributed by atoms with Gasteiger partial charge in [-0.3, -0.25) is 14.9 Å². The zero-order valence-corrected chi connectivity index (χ0v) is 14.8. The maximum Gasteiger partial charge on any atom is 0.319 e. The Kier molecular flexibility index (Phi) is 4.89. The van der Waals surface area contributed by atoms with Gasteiger partial charge in [0.05, 0.1) is 16.5 Å². The second kappa shape index (κ2) is 7.28. The van der Waals surface area contributed by atoms with Crippen LogP contribution in [-0.2, 0) is 4.79 Å². The normalized spacial score (nSPS) is 16.4. The number of non-ortho nitro benzene ring substituents is 1. The first-order chi connectivity index (χ1) is 12.8. The third-order valence-corrected chi connectivity index (χ3v) is 4.23. The van der Waals surface area contributed by atoms with Crippen LogP contribution in [0.25, 0.3) is 0 Å². The average Bonchev–Trinajstić information content (AvgIpc) is 2.61. The average molecular weight is 366 g/mol. The SMILES string of the molecule is CC1=C(C(=O)Nc2ccc([N+](=O)[O-])cc2)[C@@H](c2cccc(C)c2)NC(=O)N1. The van der Waals surface area contributed by atoms with Gasteiger partial charge >= 0.3 is 6.03 Å². The molecule has 1 atom stereocenters. The number of nitrogens with one attached hydrogen (secondary N) is 3. The molecule has 0 aromatic heterocycles. The molecule has 0 saturated carbocycles. The predicted molar refractivity (Wildman–Crippen MR) is 100 cm³/mol. The number of carbonyl (C=O) groups excluding carboxylic acids is 2. The molecule has 0 bridgehead atoms. The van der Waals surface area contributed by atoms with Gasteiger partial charge < -0.3 is 16.0 Å². The molecule has 27 heavy (non-hydrogen) atoms. The van der Waals surface area contributed by atoms with Crippen LogP contribution in [0.5, 0.6) is 0 Å². The van der Waals surface area contributed by atoms with Crippen LogP contribution < -0.4 is 16.0 Å². The van der Waals surface area contributed by atoms with Crippen molar-refractivity contribution >= 4 is 23.3 Å². The molecule has 0 spiro atoms. The van der Waals surface area contributed by atoms with Crippen LogP contribution in [-0.4, -0.2) is 16.9 Å². The molecule has 1 aliphatic heterocycles. The summed E-state index contributed by atoms with van der Waals surface area (Å²) >= 11 is 0. The minimum Gasteiger partial charge on any atom is -0.327 e. The zero-order valence-electron chi connectivity index (χ0n) is 14.8. The minimum absolute atomic E-state index is 0.0624. The summed E-state index contributed by atoms with van der Waals surface area (Å²) in [6.45, 7) is 3.59. The summed E-state index contributed by atoms with van der Waals surface area (Å²) < 4.78 is 0. The summed E-state index contributed by atoms with van der Waals surface area (Å²) in [4.78, 5) is 35.0.